The summed E-state index contributed by atoms with van der Waals surface area (Å²) >= 11 is 0. The van der Waals surface area contributed by atoms with E-state index >= 15 is 0 Å². The normalized spacial score (nSPS) is 12.4. The third-order valence-corrected chi connectivity index (χ3v) is 5.80. The van der Waals surface area contributed by atoms with E-state index in [1.54, 1.807) is 18.2 Å². The molecule has 29 heavy (non-hydrogen) atoms. The van der Waals surface area contributed by atoms with E-state index in [1.807, 2.05) is 13.8 Å². The number of aromatic nitrogens is 2. The van der Waals surface area contributed by atoms with Crippen LogP contribution in [0.15, 0.2) is 59.5 Å². The fraction of sp³-hybridized carbons (Fsp3) is 0.318. The van der Waals surface area contributed by atoms with Crippen LogP contribution >= 0.6 is 0 Å². The third-order valence-electron chi connectivity index (χ3n) is 4.56. The van der Waals surface area contributed by atoms with Crippen molar-refractivity contribution in [1.29, 1.82) is 0 Å². The number of hydrogen-bond acceptors (Lipinski definition) is 4. The summed E-state index contributed by atoms with van der Waals surface area (Å²) in [6.45, 7) is 10.1. The lowest BCUT2D eigenvalue weighted by Crippen LogP contribution is -2.14. The van der Waals surface area contributed by atoms with Crippen molar-refractivity contribution in [2.24, 2.45) is 0 Å². The van der Waals surface area contributed by atoms with Gasteiger partial charge in [-0.25, -0.2) is 4.39 Å². The largest absolute Gasteiger partial charge is 0.358 e. The fourth-order valence-electron chi connectivity index (χ4n) is 2.77. The van der Waals surface area contributed by atoms with Crippen LogP contribution in [0.4, 0.5) is 4.39 Å². The highest BCUT2D eigenvalue weighted by Crippen LogP contribution is 2.28. The van der Waals surface area contributed by atoms with Gasteiger partial charge < -0.3 is 4.18 Å². The summed E-state index contributed by atoms with van der Waals surface area (Å²) in [7, 11) is -4.06. The van der Waals surface area contributed by atoms with Crippen LogP contribution in [0, 0.1) is 5.82 Å². The lowest BCUT2D eigenvalue weighted by Gasteiger charge is -2.19. The molecule has 0 saturated carbocycles. The molecule has 1 heterocycles. The van der Waals surface area contributed by atoms with Crippen molar-refractivity contribution in [3.8, 4) is 11.6 Å². The second-order valence-electron chi connectivity index (χ2n) is 8.26. The molecule has 0 aliphatic heterocycles. The van der Waals surface area contributed by atoms with Crippen LogP contribution in [0.25, 0.3) is 5.69 Å². The van der Waals surface area contributed by atoms with Crippen molar-refractivity contribution in [2.75, 3.05) is 0 Å². The minimum absolute atomic E-state index is 0.0557. The maximum Gasteiger partial charge on any atom is 0.340 e. The third kappa shape index (κ3) is 4.67. The van der Waals surface area contributed by atoms with E-state index in [0.29, 0.717) is 11.4 Å². The summed E-state index contributed by atoms with van der Waals surface area (Å²) in [4.78, 5) is 0.0588. The van der Waals surface area contributed by atoms with Gasteiger partial charge in [0.2, 0.25) is 5.88 Å². The van der Waals surface area contributed by atoms with Gasteiger partial charge in [-0.05, 0) is 53.3 Å². The molecule has 0 bridgehead atoms. The Morgan fingerprint density at radius 3 is 2.10 bits per heavy atom. The Balaban J connectivity index is 1.99. The van der Waals surface area contributed by atoms with Gasteiger partial charge in [0.25, 0.3) is 0 Å². The van der Waals surface area contributed by atoms with E-state index in [9.17, 15) is 12.8 Å². The molecule has 0 atom stereocenters. The van der Waals surface area contributed by atoms with Gasteiger partial charge in [0.05, 0.1) is 11.4 Å². The van der Waals surface area contributed by atoms with Gasteiger partial charge in [-0.15, -0.1) is 0 Å². The molecular weight excluding hydrogens is 391 g/mol. The Morgan fingerprint density at radius 2 is 1.59 bits per heavy atom. The monoisotopic (exact) mass is 416 g/mol. The quantitative estimate of drug-likeness (QED) is 0.536. The maximum atomic E-state index is 13.3. The summed E-state index contributed by atoms with van der Waals surface area (Å²) in [6.07, 6.45) is 0. The smallest absolute Gasteiger partial charge is 0.340 e. The summed E-state index contributed by atoms with van der Waals surface area (Å²) < 4.78 is 45.8. The van der Waals surface area contributed by atoms with Crippen molar-refractivity contribution in [2.45, 2.75) is 50.8 Å². The number of halogens is 1. The minimum atomic E-state index is -4.06. The van der Waals surface area contributed by atoms with Gasteiger partial charge in [0.1, 0.15) is 10.7 Å². The van der Waals surface area contributed by atoms with Gasteiger partial charge >= 0.3 is 10.1 Å². The van der Waals surface area contributed by atoms with Crippen LogP contribution in [0.3, 0.4) is 0 Å². The zero-order valence-corrected chi connectivity index (χ0v) is 18.0. The first kappa shape index (κ1) is 21.0. The molecule has 0 fully saturated rings. The summed E-state index contributed by atoms with van der Waals surface area (Å²) in [5.41, 5.74) is 2.11. The van der Waals surface area contributed by atoms with Gasteiger partial charge in [0.15, 0.2) is 0 Å². The summed E-state index contributed by atoms with van der Waals surface area (Å²) in [6, 6.07) is 13.9. The molecule has 3 aromatic rings. The highest BCUT2D eigenvalue weighted by Gasteiger charge is 2.23. The van der Waals surface area contributed by atoms with Crippen LogP contribution < -0.4 is 4.18 Å². The van der Waals surface area contributed by atoms with Crippen LogP contribution in [-0.4, -0.2) is 18.2 Å². The summed E-state index contributed by atoms with van der Waals surface area (Å²) in [5, 5.41) is 4.44. The molecule has 2 aromatic carbocycles. The first-order valence-electron chi connectivity index (χ1n) is 9.38. The molecular formula is C22H25FN2O3S. The SMILES string of the molecule is CC(C)c1cc(OS(=O)(=O)c2ccc(C(C)(C)C)cc2)n(-c2ccc(F)cc2)n1. The van der Waals surface area contributed by atoms with Crippen molar-refractivity contribution < 1.29 is 17.0 Å². The van der Waals surface area contributed by atoms with Crippen LogP contribution in [-0.2, 0) is 15.5 Å². The van der Waals surface area contributed by atoms with E-state index < -0.39 is 10.1 Å². The lowest BCUT2D eigenvalue weighted by atomic mass is 9.87. The highest BCUT2D eigenvalue weighted by molar-refractivity contribution is 7.87. The van der Waals surface area contributed by atoms with Gasteiger partial charge in [-0.3, -0.25) is 0 Å². The second kappa shape index (κ2) is 7.63. The molecule has 0 aliphatic carbocycles. The molecule has 0 spiro atoms. The van der Waals surface area contributed by atoms with E-state index in [0.717, 1.165) is 5.56 Å². The van der Waals surface area contributed by atoms with Gasteiger partial charge in [-0.2, -0.15) is 18.2 Å². The Hall–Kier alpha value is -2.67. The maximum absolute atomic E-state index is 13.3. The second-order valence-corrected chi connectivity index (χ2v) is 9.81. The molecule has 154 valence electrons. The predicted molar refractivity (Wildman–Crippen MR) is 111 cm³/mol. The molecule has 1 aromatic heterocycles. The predicted octanol–water partition coefficient (Wildman–Crippen LogP) is 5.20. The average molecular weight is 417 g/mol. The van der Waals surface area contributed by atoms with E-state index in [2.05, 4.69) is 25.9 Å². The van der Waals surface area contributed by atoms with Crippen molar-refractivity contribution in [3.63, 3.8) is 0 Å². The number of benzene rings is 2. The molecule has 0 unspecified atom stereocenters. The standard InChI is InChI=1S/C22H25FN2O3S/c1-15(2)20-14-21(25(24-20)18-10-8-17(23)9-11-18)28-29(26,27)19-12-6-16(7-13-19)22(3,4)5/h6-15H,1-5H3. The number of rotatable bonds is 5. The average Bonchev–Trinajstić information content (AvgIpc) is 3.05. The molecule has 5 nitrogen and oxygen atoms in total. The van der Waals surface area contributed by atoms with Gasteiger partial charge in [0, 0.05) is 6.07 Å². The molecule has 3 rings (SSSR count). The van der Waals surface area contributed by atoms with Crippen molar-refractivity contribution in [1.82, 2.24) is 9.78 Å². The van der Waals surface area contributed by atoms with Crippen LogP contribution in [0.1, 0.15) is 51.8 Å². The molecule has 0 N–H and O–H groups in total. The van der Waals surface area contributed by atoms with Gasteiger partial charge in [-0.1, -0.05) is 46.8 Å². The molecule has 0 saturated heterocycles. The van der Waals surface area contributed by atoms with E-state index in [4.69, 9.17) is 4.18 Å². The first-order valence-corrected chi connectivity index (χ1v) is 10.8. The Kier molecular flexibility index (Phi) is 5.54. The van der Waals surface area contributed by atoms with Crippen molar-refractivity contribution in [3.05, 3.63) is 71.7 Å². The minimum Gasteiger partial charge on any atom is -0.358 e. The zero-order chi connectivity index (χ0) is 21.4. The molecule has 7 heteroatoms. The molecule has 0 amide bonds. The molecule has 0 radical (unpaired) electrons. The van der Waals surface area contributed by atoms with Crippen molar-refractivity contribution >= 4 is 10.1 Å². The van der Waals surface area contributed by atoms with Crippen LogP contribution in [0.5, 0.6) is 5.88 Å². The van der Waals surface area contributed by atoms with Crippen LogP contribution in [0.2, 0.25) is 0 Å². The Morgan fingerprint density at radius 1 is 1.00 bits per heavy atom. The number of nitrogens with zero attached hydrogens (tertiary/aromatic N) is 2. The number of hydrogen-bond donors (Lipinski definition) is 0. The molecule has 0 aliphatic rings. The van der Waals surface area contributed by atoms with E-state index in [1.165, 1.54) is 41.1 Å². The topological polar surface area (TPSA) is 61.2 Å². The van der Waals surface area contributed by atoms with E-state index in [-0.39, 0.29) is 27.9 Å². The summed E-state index contributed by atoms with van der Waals surface area (Å²) in [5.74, 6) is -0.271. The zero-order valence-electron chi connectivity index (χ0n) is 17.2. The highest BCUT2D eigenvalue weighted by atomic mass is 32.2. The lowest BCUT2D eigenvalue weighted by molar-refractivity contribution is 0.464. The Labute approximate surface area is 171 Å². The fourth-order valence-corrected chi connectivity index (χ4v) is 3.68. The Bertz CT molecular complexity index is 1090. The first-order chi connectivity index (χ1) is 13.5.